The van der Waals surface area contributed by atoms with Gasteiger partial charge >= 0.3 is 6.36 Å². The van der Waals surface area contributed by atoms with Crippen molar-refractivity contribution in [2.75, 3.05) is 13.1 Å². The molecule has 2 N–H and O–H groups in total. The van der Waals surface area contributed by atoms with Gasteiger partial charge in [0.25, 0.3) is 5.91 Å². The van der Waals surface area contributed by atoms with Gasteiger partial charge in [-0.15, -0.1) is 13.2 Å². The van der Waals surface area contributed by atoms with Crippen LogP contribution in [0.3, 0.4) is 0 Å². The number of rotatable bonds is 3. The molecule has 2 aliphatic rings. The van der Waals surface area contributed by atoms with Gasteiger partial charge in [-0.25, -0.2) is 9.37 Å². The number of nitrogens with one attached hydrogen (secondary N) is 1. The molecular weight excluding hydrogens is 466 g/mol. The summed E-state index contributed by atoms with van der Waals surface area (Å²) in [5.41, 5.74) is 3.57. The number of likely N-dealkylation sites (tertiary alicyclic amines) is 1. The highest BCUT2D eigenvalue weighted by Gasteiger charge is 2.32. The molecule has 186 valence electrons. The third-order valence-electron chi connectivity index (χ3n) is 6.99. The summed E-state index contributed by atoms with van der Waals surface area (Å²) in [6, 6.07) is 4.85. The van der Waals surface area contributed by atoms with Crippen molar-refractivity contribution in [3.05, 3.63) is 58.7 Å². The van der Waals surface area contributed by atoms with Gasteiger partial charge in [-0.05, 0) is 74.3 Å². The molecular formula is C25H25F4N3O3. The SMILES string of the molecule is O=C(c1ccc(OC(F)(F)F)cc1)N1CCC(c2c(F)cnc3[nH]c4c(c23)CC[C@H](O)CC4)CC1. The molecule has 10 heteroatoms. The highest BCUT2D eigenvalue weighted by Crippen LogP contribution is 2.39. The number of aromatic amines is 1. The second-order valence-corrected chi connectivity index (χ2v) is 9.20. The first kappa shape index (κ1) is 23.6. The number of aliphatic hydroxyl groups is 1. The molecule has 35 heavy (non-hydrogen) atoms. The Morgan fingerprint density at radius 1 is 1.09 bits per heavy atom. The third-order valence-corrected chi connectivity index (χ3v) is 6.99. The quantitative estimate of drug-likeness (QED) is 0.405. The summed E-state index contributed by atoms with van der Waals surface area (Å²) in [5.74, 6) is -1.13. The minimum absolute atomic E-state index is 0.0970. The fraction of sp³-hybridized carbons (Fsp3) is 0.440. The van der Waals surface area contributed by atoms with Gasteiger partial charge in [0.1, 0.15) is 17.2 Å². The van der Waals surface area contributed by atoms with Crippen LogP contribution >= 0.6 is 0 Å². The Hall–Kier alpha value is -3.14. The highest BCUT2D eigenvalue weighted by molar-refractivity contribution is 5.94. The number of alkyl halides is 3. The van der Waals surface area contributed by atoms with Crippen LogP contribution in [0.15, 0.2) is 30.5 Å². The monoisotopic (exact) mass is 491 g/mol. The first-order chi connectivity index (χ1) is 16.7. The standard InChI is InChI=1S/C25H25F4N3O3/c26-19-13-30-23-22(18-7-3-16(33)4-8-20(18)31-23)21(19)14-9-11-32(12-10-14)24(34)15-1-5-17(6-2-15)35-25(27,28)29/h1-2,5-6,13-14,16,33H,3-4,7-12H2,(H,30,31)/t16-/m0/s1. The molecule has 1 fully saturated rings. The van der Waals surface area contributed by atoms with Crippen LogP contribution in [-0.4, -0.2) is 51.4 Å². The molecule has 0 spiro atoms. The summed E-state index contributed by atoms with van der Waals surface area (Å²) in [6.07, 6.45) is -0.202. The van der Waals surface area contributed by atoms with Gasteiger partial charge in [-0.3, -0.25) is 4.79 Å². The predicted molar refractivity (Wildman–Crippen MR) is 120 cm³/mol. The second kappa shape index (κ2) is 9.14. The Morgan fingerprint density at radius 3 is 2.46 bits per heavy atom. The summed E-state index contributed by atoms with van der Waals surface area (Å²) < 4.78 is 56.1. The van der Waals surface area contributed by atoms with E-state index in [0.717, 1.165) is 28.8 Å². The zero-order chi connectivity index (χ0) is 24.7. The molecule has 0 saturated carbocycles. The molecule has 1 saturated heterocycles. The Labute approximate surface area is 198 Å². The maximum absolute atomic E-state index is 15.1. The van der Waals surface area contributed by atoms with Crippen LogP contribution < -0.4 is 4.74 Å². The number of amides is 1. The molecule has 1 aliphatic heterocycles. The fourth-order valence-electron chi connectivity index (χ4n) is 5.28. The zero-order valence-corrected chi connectivity index (χ0v) is 18.9. The first-order valence-electron chi connectivity index (χ1n) is 11.7. The lowest BCUT2D eigenvalue weighted by molar-refractivity contribution is -0.274. The largest absolute Gasteiger partial charge is 0.573 e. The molecule has 1 atom stereocenters. The Balaban J connectivity index is 1.32. The molecule has 1 aliphatic carbocycles. The summed E-state index contributed by atoms with van der Waals surface area (Å²) in [6.45, 7) is 0.803. The smallest absolute Gasteiger partial charge is 0.406 e. The van der Waals surface area contributed by atoms with Crippen LogP contribution in [0, 0.1) is 5.82 Å². The number of hydrogen-bond donors (Lipinski definition) is 2. The van der Waals surface area contributed by atoms with Gasteiger partial charge < -0.3 is 19.7 Å². The number of carbonyl (C=O) groups is 1. The van der Waals surface area contributed by atoms with Crippen LogP contribution in [0.5, 0.6) is 5.75 Å². The molecule has 3 heterocycles. The summed E-state index contributed by atoms with van der Waals surface area (Å²) in [7, 11) is 0. The number of benzene rings is 1. The normalized spacial score (nSPS) is 19.5. The summed E-state index contributed by atoms with van der Waals surface area (Å²) in [4.78, 5) is 22.1. The average Bonchev–Trinajstić information content (AvgIpc) is 3.07. The number of ether oxygens (including phenoxy) is 1. The number of hydrogen-bond acceptors (Lipinski definition) is 4. The number of nitrogens with zero attached hydrogens (tertiary/aromatic N) is 2. The first-order valence-corrected chi connectivity index (χ1v) is 11.7. The zero-order valence-electron chi connectivity index (χ0n) is 18.9. The second-order valence-electron chi connectivity index (χ2n) is 9.20. The van der Waals surface area contributed by atoms with E-state index in [1.54, 1.807) is 4.90 Å². The number of H-pyrrole nitrogens is 1. The lowest BCUT2D eigenvalue weighted by Gasteiger charge is -2.33. The minimum atomic E-state index is -4.79. The number of aliphatic hydroxyl groups excluding tert-OH is 1. The number of fused-ring (bicyclic) bond motifs is 3. The van der Waals surface area contributed by atoms with Crippen molar-refractivity contribution in [1.29, 1.82) is 0 Å². The van der Waals surface area contributed by atoms with Crippen molar-refractivity contribution in [3.8, 4) is 5.75 Å². The van der Waals surface area contributed by atoms with E-state index in [9.17, 15) is 23.1 Å². The number of pyridine rings is 1. The summed E-state index contributed by atoms with van der Waals surface area (Å²) >= 11 is 0. The highest BCUT2D eigenvalue weighted by atomic mass is 19.4. The van der Waals surface area contributed by atoms with E-state index >= 15 is 4.39 Å². The number of piperidine rings is 1. The van der Waals surface area contributed by atoms with Gasteiger partial charge in [-0.1, -0.05) is 0 Å². The topological polar surface area (TPSA) is 78.5 Å². The van der Waals surface area contributed by atoms with Gasteiger partial charge in [-0.2, -0.15) is 0 Å². The van der Waals surface area contributed by atoms with E-state index in [2.05, 4.69) is 14.7 Å². The predicted octanol–water partition coefficient (Wildman–Crippen LogP) is 4.86. The fourth-order valence-corrected chi connectivity index (χ4v) is 5.28. The molecule has 3 aromatic rings. The molecule has 6 nitrogen and oxygen atoms in total. The third kappa shape index (κ3) is 4.84. The number of carbonyl (C=O) groups excluding carboxylic acids is 1. The van der Waals surface area contributed by atoms with E-state index < -0.39 is 6.36 Å². The summed E-state index contributed by atoms with van der Waals surface area (Å²) in [5, 5.41) is 10.9. The van der Waals surface area contributed by atoms with Gasteiger partial charge in [0, 0.05) is 35.3 Å². The van der Waals surface area contributed by atoms with Crippen molar-refractivity contribution in [3.63, 3.8) is 0 Å². The maximum atomic E-state index is 15.1. The Morgan fingerprint density at radius 2 is 1.77 bits per heavy atom. The van der Waals surface area contributed by atoms with Crippen molar-refractivity contribution in [1.82, 2.24) is 14.9 Å². The number of aryl methyl sites for hydroxylation is 2. The van der Waals surface area contributed by atoms with E-state index in [0.29, 0.717) is 62.8 Å². The van der Waals surface area contributed by atoms with E-state index in [4.69, 9.17) is 0 Å². The van der Waals surface area contributed by atoms with Crippen LogP contribution in [0.2, 0.25) is 0 Å². The van der Waals surface area contributed by atoms with Crippen molar-refractivity contribution in [2.45, 2.75) is 56.9 Å². The van der Waals surface area contributed by atoms with Gasteiger partial charge in [0.05, 0.1) is 12.3 Å². The van der Waals surface area contributed by atoms with E-state index in [1.807, 2.05) is 0 Å². The Kier molecular flexibility index (Phi) is 6.16. The van der Waals surface area contributed by atoms with E-state index in [-0.39, 0.29) is 35.1 Å². The molecule has 1 aromatic carbocycles. The number of halogens is 4. The van der Waals surface area contributed by atoms with Crippen LogP contribution in [-0.2, 0) is 12.8 Å². The molecule has 1 amide bonds. The van der Waals surface area contributed by atoms with Crippen molar-refractivity contribution >= 4 is 16.9 Å². The molecule has 0 radical (unpaired) electrons. The van der Waals surface area contributed by atoms with E-state index in [1.165, 1.54) is 18.3 Å². The molecule has 5 rings (SSSR count). The maximum Gasteiger partial charge on any atom is 0.573 e. The molecule has 0 bridgehead atoms. The number of aromatic nitrogens is 2. The molecule has 2 aromatic heterocycles. The van der Waals surface area contributed by atoms with Crippen molar-refractivity contribution < 1.29 is 32.2 Å². The lowest BCUT2D eigenvalue weighted by atomic mass is 9.86. The van der Waals surface area contributed by atoms with Gasteiger partial charge in [0.15, 0.2) is 0 Å². The minimum Gasteiger partial charge on any atom is -0.406 e. The van der Waals surface area contributed by atoms with Crippen LogP contribution in [0.25, 0.3) is 11.0 Å². The average molecular weight is 491 g/mol. The Bertz CT molecular complexity index is 1230. The van der Waals surface area contributed by atoms with Crippen LogP contribution in [0.4, 0.5) is 17.6 Å². The lowest BCUT2D eigenvalue weighted by Crippen LogP contribution is -2.38. The molecule has 0 unspecified atom stereocenters. The van der Waals surface area contributed by atoms with Crippen molar-refractivity contribution in [2.24, 2.45) is 0 Å². The van der Waals surface area contributed by atoms with Crippen LogP contribution in [0.1, 0.15) is 58.8 Å². The van der Waals surface area contributed by atoms with Gasteiger partial charge in [0.2, 0.25) is 0 Å².